The lowest BCUT2D eigenvalue weighted by Crippen LogP contribution is -2.61. The number of aliphatic imine (C=N–C) groups is 2. The van der Waals surface area contributed by atoms with E-state index < -0.39 is 133 Å². The molecule has 0 radical (unpaired) electrons. The van der Waals surface area contributed by atoms with Gasteiger partial charge in [0.15, 0.2) is 11.9 Å². The summed E-state index contributed by atoms with van der Waals surface area (Å²) in [5.41, 5.74) is 33.4. The minimum Gasteiger partial charge on any atom is -0.481 e. The maximum absolute atomic E-state index is 14.1. The normalized spacial score (nSPS) is 14.4. The van der Waals surface area contributed by atoms with Gasteiger partial charge in [0, 0.05) is 43.6 Å². The second-order valence-corrected chi connectivity index (χ2v) is 17.0. The fraction of sp³-hybridized carbons (Fsp3) is 0.625. The number of primary amides is 1. The van der Waals surface area contributed by atoms with Gasteiger partial charge < -0.3 is 86.8 Å². The van der Waals surface area contributed by atoms with Crippen LogP contribution in [-0.4, -0.2) is 158 Å². The molecule has 22 N–H and O–H groups in total. The zero-order valence-corrected chi connectivity index (χ0v) is 40.3. The van der Waals surface area contributed by atoms with Gasteiger partial charge in [-0.1, -0.05) is 27.7 Å². The number of carbonyl (C=O) groups excluding carboxylic acids is 8. The van der Waals surface area contributed by atoms with E-state index in [-0.39, 0.29) is 68.8 Å². The van der Waals surface area contributed by atoms with Crippen LogP contribution >= 0.6 is 12.6 Å². The predicted octanol–water partition coefficient (Wildman–Crippen LogP) is -6.15. The van der Waals surface area contributed by atoms with E-state index in [0.717, 1.165) is 0 Å². The van der Waals surface area contributed by atoms with Crippen molar-refractivity contribution in [2.24, 2.45) is 56.2 Å². The molecule has 1 aromatic rings. The molecule has 1 heterocycles. The van der Waals surface area contributed by atoms with E-state index in [1.54, 1.807) is 27.7 Å². The van der Waals surface area contributed by atoms with Gasteiger partial charge in [-0.25, -0.2) is 9.78 Å². The van der Waals surface area contributed by atoms with Crippen LogP contribution in [0, 0.1) is 11.8 Å². The van der Waals surface area contributed by atoms with Gasteiger partial charge in [0.05, 0.1) is 18.8 Å². The van der Waals surface area contributed by atoms with Crippen molar-refractivity contribution < 1.29 is 58.2 Å². The van der Waals surface area contributed by atoms with Gasteiger partial charge in [-0.3, -0.25) is 53.1 Å². The molecule has 8 atom stereocenters. The summed E-state index contributed by atoms with van der Waals surface area (Å²) in [7, 11) is 0. The molecule has 70 heavy (non-hydrogen) atoms. The number of carboxylic acid groups (broad SMARTS) is 2. The highest BCUT2D eigenvalue weighted by atomic mass is 32.1. The molecule has 1 rings (SSSR count). The van der Waals surface area contributed by atoms with Crippen LogP contribution < -0.4 is 71.6 Å². The third kappa shape index (κ3) is 23.2. The summed E-state index contributed by atoms with van der Waals surface area (Å²) in [4.78, 5) is 146. The van der Waals surface area contributed by atoms with Gasteiger partial charge in [-0.15, -0.1) is 0 Å². The summed E-state index contributed by atoms with van der Waals surface area (Å²) >= 11 is 4.11. The molecule has 0 spiro atoms. The Balaban J connectivity index is 3.55. The Labute approximate surface area is 408 Å². The first-order chi connectivity index (χ1) is 32.8. The molecule has 0 aromatic carbocycles. The minimum atomic E-state index is -1.87. The smallest absolute Gasteiger partial charge is 0.326 e. The number of amides is 8. The number of carbonyl (C=O) groups is 10. The molecule has 0 aliphatic heterocycles. The molecule has 0 aliphatic rings. The van der Waals surface area contributed by atoms with Crippen molar-refractivity contribution in [1.29, 1.82) is 0 Å². The number of carboxylic acids is 2. The third-order valence-corrected chi connectivity index (χ3v) is 10.5. The van der Waals surface area contributed by atoms with Crippen LogP contribution in [0.3, 0.4) is 0 Å². The van der Waals surface area contributed by atoms with Crippen molar-refractivity contribution in [2.75, 3.05) is 18.8 Å². The van der Waals surface area contributed by atoms with E-state index in [4.69, 9.17) is 34.4 Å². The van der Waals surface area contributed by atoms with E-state index in [1.165, 1.54) is 12.5 Å². The zero-order chi connectivity index (χ0) is 53.2. The number of hydrogen-bond acceptors (Lipinski definition) is 15. The lowest BCUT2D eigenvalue weighted by molar-refractivity contribution is -0.143. The molecule has 29 nitrogen and oxygen atoms in total. The molecule has 0 fully saturated rings. The Kier molecular flexibility index (Phi) is 26.9. The predicted molar refractivity (Wildman–Crippen MR) is 255 cm³/mol. The molecule has 0 bridgehead atoms. The Hall–Kier alpha value is -7.24. The Bertz CT molecular complexity index is 2010. The molecule has 0 saturated carbocycles. The zero-order valence-electron chi connectivity index (χ0n) is 39.4. The summed E-state index contributed by atoms with van der Waals surface area (Å²) < 4.78 is 0. The van der Waals surface area contributed by atoms with E-state index in [2.05, 4.69) is 69.8 Å². The third-order valence-electron chi connectivity index (χ3n) is 10.2. The number of thiol groups is 1. The van der Waals surface area contributed by atoms with Gasteiger partial charge >= 0.3 is 11.9 Å². The van der Waals surface area contributed by atoms with Crippen LogP contribution in [0.1, 0.15) is 78.3 Å². The maximum Gasteiger partial charge on any atom is 0.326 e. The number of nitrogens with one attached hydrogen (secondary N) is 8. The Morgan fingerprint density at radius 3 is 1.46 bits per heavy atom. The largest absolute Gasteiger partial charge is 0.481 e. The van der Waals surface area contributed by atoms with E-state index in [0.29, 0.717) is 5.69 Å². The van der Waals surface area contributed by atoms with Crippen LogP contribution in [0.25, 0.3) is 0 Å². The summed E-state index contributed by atoms with van der Waals surface area (Å²) in [6, 6.07) is -11.7. The first-order valence-electron chi connectivity index (χ1n) is 22.1. The SMILES string of the molecule is CC(C)[C@H](N)C(=O)N[C@@H](CCCN=C(N)N)C(=O)N[C@@H](Cc1cnc[nH]1)C(=O)N[C@@H](CCC(=O)O)C(=O)N[C@@H](CC(N)=O)C(=O)N[C@@H](CCCN=C(N)N)C(=O)N[C@@H](CS)C(=O)N[C@H](C(=O)O)C(C)C. The first kappa shape index (κ1) is 60.8. The minimum absolute atomic E-state index is 0.0279. The second kappa shape index (κ2) is 31.0. The topological polar surface area (TPSA) is 505 Å². The van der Waals surface area contributed by atoms with Crippen LogP contribution in [0.2, 0.25) is 0 Å². The number of nitrogens with zero attached hydrogens (tertiary/aromatic N) is 3. The summed E-state index contributed by atoms with van der Waals surface area (Å²) in [5, 5.41) is 36.0. The fourth-order valence-electron chi connectivity index (χ4n) is 6.21. The van der Waals surface area contributed by atoms with E-state index in [9.17, 15) is 58.2 Å². The first-order valence-corrected chi connectivity index (χ1v) is 22.7. The quantitative estimate of drug-likeness (QED) is 0.0135. The highest BCUT2D eigenvalue weighted by molar-refractivity contribution is 7.80. The number of nitrogens with two attached hydrogens (primary N) is 6. The van der Waals surface area contributed by atoms with Gasteiger partial charge in [-0.05, 0) is 43.9 Å². The number of guanidine groups is 2. The van der Waals surface area contributed by atoms with Crippen LogP contribution in [0.5, 0.6) is 0 Å². The van der Waals surface area contributed by atoms with Crippen LogP contribution in [0.4, 0.5) is 0 Å². The molecule has 0 saturated heterocycles. The summed E-state index contributed by atoms with van der Waals surface area (Å²) in [6.07, 6.45) is 0.150. The van der Waals surface area contributed by atoms with E-state index in [1.807, 2.05) is 0 Å². The average Bonchev–Trinajstić information content (AvgIpc) is 3.79. The Morgan fingerprint density at radius 2 is 1.04 bits per heavy atom. The van der Waals surface area contributed by atoms with Gasteiger partial charge in [-0.2, -0.15) is 12.6 Å². The molecule has 0 unspecified atom stereocenters. The molecule has 392 valence electrons. The van der Waals surface area contributed by atoms with Crippen molar-refractivity contribution in [3.8, 4) is 0 Å². The number of aromatic nitrogens is 2. The molecule has 1 aromatic heterocycles. The monoisotopic (exact) mass is 1010 g/mol. The van der Waals surface area contributed by atoms with Gasteiger partial charge in [0.1, 0.15) is 42.3 Å². The molecular formula is C40H69N17O12S. The fourth-order valence-corrected chi connectivity index (χ4v) is 6.47. The van der Waals surface area contributed by atoms with Gasteiger partial charge in [0.25, 0.3) is 0 Å². The standard InChI is InChI=1S/C40H69N17O12S/c1-18(2)29(42)37(67)53-22(8-6-12-49-40(45)46)31(61)54-24(13-20-15-47-17-50-20)34(64)52-23(9-10-28(59)60)33(63)55-25(14-27(41)58)35(65)51-21(7-5-11-48-39(43)44)32(62)56-26(16-70)36(66)57-30(19(3)4)38(68)69/h15,17-19,21-26,29-30,70H,5-14,16,42H2,1-4H3,(H2,41,58)(H,47,50)(H,51,65)(H,52,64)(H,53,67)(H,54,61)(H,55,63)(H,56,62)(H,57,66)(H,59,60)(H,68,69)(H4,43,44,48)(H4,45,46,49)/t21-,22-,23-,24-,25-,26-,29-,30-/m0/s1. The lowest BCUT2D eigenvalue weighted by Gasteiger charge is -2.27. The Morgan fingerprint density at radius 1 is 0.614 bits per heavy atom. The van der Waals surface area contributed by atoms with Crippen LogP contribution in [0.15, 0.2) is 22.5 Å². The van der Waals surface area contributed by atoms with Crippen molar-refractivity contribution in [3.63, 3.8) is 0 Å². The summed E-state index contributed by atoms with van der Waals surface area (Å²) in [5.74, 6) is -12.4. The number of aromatic amines is 1. The number of aliphatic carboxylic acids is 2. The van der Waals surface area contributed by atoms with Crippen molar-refractivity contribution in [3.05, 3.63) is 18.2 Å². The highest BCUT2D eigenvalue weighted by Gasteiger charge is 2.35. The number of imidazole rings is 1. The van der Waals surface area contributed by atoms with Gasteiger partial charge in [0.2, 0.25) is 47.3 Å². The van der Waals surface area contributed by atoms with Crippen molar-refractivity contribution in [1.82, 2.24) is 47.2 Å². The lowest BCUT2D eigenvalue weighted by atomic mass is 10.0. The van der Waals surface area contributed by atoms with Crippen molar-refractivity contribution in [2.45, 2.75) is 127 Å². The molecular weight excluding hydrogens is 943 g/mol. The highest BCUT2D eigenvalue weighted by Crippen LogP contribution is 2.10. The molecule has 30 heteroatoms. The van der Waals surface area contributed by atoms with Crippen LogP contribution in [-0.2, 0) is 54.4 Å². The molecule has 8 amide bonds. The average molecular weight is 1010 g/mol. The van der Waals surface area contributed by atoms with Crippen molar-refractivity contribution >= 4 is 83.7 Å². The summed E-state index contributed by atoms with van der Waals surface area (Å²) in [6.45, 7) is 6.51. The number of rotatable bonds is 33. The molecule has 0 aliphatic carbocycles. The second-order valence-electron chi connectivity index (χ2n) is 16.7. The number of H-pyrrole nitrogens is 1. The number of hydrogen-bond donors (Lipinski definition) is 17. The van der Waals surface area contributed by atoms with E-state index >= 15 is 0 Å². The maximum atomic E-state index is 14.1.